The lowest BCUT2D eigenvalue weighted by atomic mass is 10.1. The zero-order chi connectivity index (χ0) is 18.8. The molecule has 138 valence electrons. The van der Waals surface area contributed by atoms with Gasteiger partial charge in [-0.2, -0.15) is 5.10 Å². The molecule has 1 N–H and O–H groups in total. The molecular weight excluding hydrogens is 336 g/mol. The molecule has 0 atom stereocenters. The summed E-state index contributed by atoms with van der Waals surface area (Å²) in [5.41, 5.74) is 6.10. The summed E-state index contributed by atoms with van der Waals surface area (Å²) in [6, 6.07) is 16.7. The number of benzene rings is 2. The van der Waals surface area contributed by atoms with Gasteiger partial charge in [0.1, 0.15) is 0 Å². The molecule has 1 aliphatic heterocycles. The number of anilines is 1. The van der Waals surface area contributed by atoms with Crippen LogP contribution in [0, 0.1) is 13.8 Å². The number of carbonyl (C=O) groups is 1. The number of aromatic amines is 1. The van der Waals surface area contributed by atoms with Gasteiger partial charge in [-0.15, -0.1) is 0 Å². The van der Waals surface area contributed by atoms with Crippen molar-refractivity contribution in [3.63, 3.8) is 0 Å². The minimum atomic E-state index is 0.0446. The van der Waals surface area contributed by atoms with Gasteiger partial charge < -0.3 is 9.80 Å². The first kappa shape index (κ1) is 17.3. The molecule has 0 aliphatic carbocycles. The van der Waals surface area contributed by atoms with Gasteiger partial charge in [0.2, 0.25) is 0 Å². The van der Waals surface area contributed by atoms with Crippen LogP contribution in [0.15, 0.2) is 54.7 Å². The van der Waals surface area contributed by atoms with Crippen LogP contribution in [-0.2, 0) is 0 Å². The molecule has 1 saturated heterocycles. The molecule has 2 aromatic carbocycles. The number of rotatable bonds is 3. The molecule has 0 bridgehead atoms. The summed E-state index contributed by atoms with van der Waals surface area (Å²) < 4.78 is 0. The summed E-state index contributed by atoms with van der Waals surface area (Å²) in [6.07, 6.45) is 1.64. The van der Waals surface area contributed by atoms with Crippen LogP contribution in [0.5, 0.6) is 0 Å². The highest BCUT2D eigenvalue weighted by molar-refractivity contribution is 5.99. The monoisotopic (exact) mass is 360 g/mol. The largest absolute Gasteiger partial charge is 0.368 e. The minimum absolute atomic E-state index is 0.0446. The summed E-state index contributed by atoms with van der Waals surface area (Å²) in [7, 11) is 0. The second kappa shape index (κ2) is 7.27. The van der Waals surface area contributed by atoms with Gasteiger partial charge in [-0.1, -0.05) is 42.0 Å². The van der Waals surface area contributed by atoms with E-state index in [4.69, 9.17) is 0 Å². The maximum Gasteiger partial charge on any atom is 0.257 e. The van der Waals surface area contributed by atoms with Crippen molar-refractivity contribution in [1.82, 2.24) is 15.1 Å². The zero-order valence-electron chi connectivity index (χ0n) is 15.8. The van der Waals surface area contributed by atoms with Gasteiger partial charge >= 0.3 is 0 Å². The highest BCUT2D eigenvalue weighted by Crippen LogP contribution is 2.24. The summed E-state index contributed by atoms with van der Waals surface area (Å²) in [5.74, 6) is 0.0446. The summed E-state index contributed by atoms with van der Waals surface area (Å²) in [5, 5.41) is 7.12. The molecule has 0 unspecified atom stereocenters. The fraction of sp³-hybridized carbons (Fsp3) is 0.273. The Hall–Kier alpha value is -3.08. The molecule has 1 fully saturated rings. The Morgan fingerprint density at radius 3 is 2.41 bits per heavy atom. The van der Waals surface area contributed by atoms with E-state index in [0.29, 0.717) is 18.7 Å². The van der Waals surface area contributed by atoms with Crippen LogP contribution in [0.4, 0.5) is 5.69 Å². The third kappa shape index (κ3) is 3.58. The van der Waals surface area contributed by atoms with E-state index in [9.17, 15) is 4.79 Å². The first-order chi connectivity index (χ1) is 13.1. The molecule has 1 aliphatic rings. The van der Waals surface area contributed by atoms with E-state index in [1.165, 1.54) is 16.8 Å². The number of amides is 1. The Bertz CT molecular complexity index is 937. The van der Waals surface area contributed by atoms with Crippen molar-refractivity contribution in [2.45, 2.75) is 13.8 Å². The molecule has 0 radical (unpaired) electrons. The van der Waals surface area contributed by atoms with E-state index in [1.54, 1.807) is 6.20 Å². The zero-order valence-corrected chi connectivity index (χ0v) is 15.8. The van der Waals surface area contributed by atoms with Gasteiger partial charge in [-0.3, -0.25) is 9.89 Å². The van der Waals surface area contributed by atoms with Crippen LogP contribution in [0.1, 0.15) is 21.5 Å². The molecule has 5 nitrogen and oxygen atoms in total. The van der Waals surface area contributed by atoms with Crippen molar-refractivity contribution >= 4 is 11.6 Å². The van der Waals surface area contributed by atoms with E-state index in [0.717, 1.165) is 24.3 Å². The number of nitrogens with zero attached hydrogens (tertiary/aromatic N) is 3. The van der Waals surface area contributed by atoms with Crippen molar-refractivity contribution in [2.75, 3.05) is 31.1 Å². The third-order valence-corrected chi connectivity index (χ3v) is 5.14. The van der Waals surface area contributed by atoms with Crippen LogP contribution >= 0.6 is 0 Å². The number of nitrogens with one attached hydrogen (secondary N) is 1. The Kier molecular flexibility index (Phi) is 4.67. The molecule has 5 heteroatoms. The SMILES string of the molecule is Cc1ccc(-c2[nH]ncc2C(=O)N2CCN(c3cccc(C)c3)CC2)cc1. The van der Waals surface area contributed by atoms with E-state index in [2.05, 4.69) is 53.2 Å². The van der Waals surface area contributed by atoms with Crippen LogP contribution in [-0.4, -0.2) is 47.2 Å². The molecule has 2 heterocycles. The van der Waals surface area contributed by atoms with Gasteiger partial charge in [-0.25, -0.2) is 0 Å². The average molecular weight is 360 g/mol. The normalized spacial score (nSPS) is 14.4. The van der Waals surface area contributed by atoms with Gasteiger partial charge in [-0.05, 0) is 31.5 Å². The van der Waals surface area contributed by atoms with Crippen LogP contribution in [0.2, 0.25) is 0 Å². The van der Waals surface area contributed by atoms with Gasteiger partial charge in [0.25, 0.3) is 5.91 Å². The van der Waals surface area contributed by atoms with Crippen molar-refractivity contribution in [1.29, 1.82) is 0 Å². The Morgan fingerprint density at radius 2 is 1.70 bits per heavy atom. The average Bonchev–Trinajstić information content (AvgIpc) is 3.18. The van der Waals surface area contributed by atoms with Gasteiger partial charge in [0.05, 0.1) is 17.5 Å². The van der Waals surface area contributed by atoms with Crippen molar-refractivity contribution < 1.29 is 4.79 Å². The first-order valence-corrected chi connectivity index (χ1v) is 9.33. The van der Waals surface area contributed by atoms with Crippen molar-refractivity contribution in [2.24, 2.45) is 0 Å². The fourth-order valence-electron chi connectivity index (χ4n) is 3.55. The van der Waals surface area contributed by atoms with Gasteiger partial charge in [0.15, 0.2) is 0 Å². The number of piperazine rings is 1. The quantitative estimate of drug-likeness (QED) is 0.776. The summed E-state index contributed by atoms with van der Waals surface area (Å²) in [6.45, 7) is 7.27. The summed E-state index contributed by atoms with van der Waals surface area (Å²) in [4.78, 5) is 17.3. The standard InChI is InChI=1S/C22H24N4O/c1-16-6-8-18(9-7-16)21-20(15-23-24-21)22(27)26-12-10-25(11-13-26)19-5-3-4-17(2)14-19/h3-9,14-15H,10-13H2,1-2H3,(H,23,24). The van der Waals surface area contributed by atoms with E-state index >= 15 is 0 Å². The molecule has 1 amide bonds. The lowest BCUT2D eigenvalue weighted by Crippen LogP contribution is -2.48. The highest BCUT2D eigenvalue weighted by atomic mass is 16.2. The molecule has 1 aromatic heterocycles. The number of carbonyl (C=O) groups excluding carboxylic acids is 1. The third-order valence-electron chi connectivity index (χ3n) is 5.14. The van der Waals surface area contributed by atoms with E-state index in [1.807, 2.05) is 29.2 Å². The highest BCUT2D eigenvalue weighted by Gasteiger charge is 2.25. The number of H-pyrrole nitrogens is 1. The fourth-order valence-corrected chi connectivity index (χ4v) is 3.55. The molecule has 0 saturated carbocycles. The minimum Gasteiger partial charge on any atom is -0.368 e. The Balaban J connectivity index is 1.47. The number of hydrogen-bond donors (Lipinski definition) is 1. The maximum absolute atomic E-state index is 13.1. The van der Waals surface area contributed by atoms with Crippen LogP contribution < -0.4 is 4.90 Å². The smallest absolute Gasteiger partial charge is 0.257 e. The number of aromatic nitrogens is 2. The second-order valence-electron chi connectivity index (χ2n) is 7.14. The predicted octanol–water partition coefficient (Wildman–Crippen LogP) is 3.66. The van der Waals surface area contributed by atoms with E-state index in [-0.39, 0.29) is 5.91 Å². The lowest BCUT2D eigenvalue weighted by molar-refractivity contribution is 0.0747. The first-order valence-electron chi connectivity index (χ1n) is 9.33. The lowest BCUT2D eigenvalue weighted by Gasteiger charge is -2.36. The van der Waals surface area contributed by atoms with Gasteiger partial charge in [0, 0.05) is 37.4 Å². The van der Waals surface area contributed by atoms with Crippen molar-refractivity contribution in [3.8, 4) is 11.3 Å². The van der Waals surface area contributed by atoms with Crippen LogP contribution in [0.3, 0.4) is 0 Å². The summed E-state index contributed by atoms with van der Waals surface area (Å²) >= 11 is 0. The number of hydrogen-bond acceptors (Lipinski definition) is 3. The molecule has 4 rings (SSSR count). The molecular formula is C22H24N4O. The van der Waals surface area contributed by atoms with Crippen molar-refractivity contribution in [3.05, 3.63) is 71.4 Å². The Morgan fingerprint density at radius 1 is 0.963 bits per heavy atom. The second-order valence-corrected chi connectivity index (χ2v) is 7.14. The van der Waals surface area contributed by atoms with E-state index < -0.39 is 0 Å². The Labute approximate surface area is 159 Å². The van der Waals surface area contributed by atoms with Crippen LogP contribution in [0.25, 0.3) is 11.3 Å². The maximum atomic E-state index is 13.1. The molecule has 0 spiro atoms. The predicted molar refractivity (Wildman–Crippen MR) is 108 cm³/mol. The topological polar surface area (TPSA) is 52.2 Å². The number of aryl methyl sites for hydroxylation is 2. The molecule has 3 aromatic rings. The molecule has 27 heavy (non-hydrogen) atoms.